The summed E-state index contributed by atoms with van der Waals surface area (Å²) in [7, 11) is 0. The number of nitrogens with zero attached hydrogens (tertiary/aromatic N) is 1. The summed E-state index contributed by atoms with van der Waals surface area (Å²) in [6.07, 6.45) is 0.476. The van der Waals surface area contributed by atoms with Gasteiger partial charge in [0.25, 0.3) is 0 Å². The topological polar surface area (TPSA) is 37.4 Å². The van der Waals surface area contributed by atoms with E-state index in [2.05, 4.69) is 0 Å². The van der Waals surface area contributed by atoms with Gasteiger partial charge in [-0.3, -0.25) is 9.59 Å². The second-order valence-electron chi connectivity index (χ2n) is 4.51. The Bertz CT molecular complexity index is 607. The molecule has 0 aliphatic carbocycles. The number of ketones is 1. The van der Waals surface area contributed by atoms with E-state index in [1.165, 1.54) is 11.3 Å². The highest BCUT2D eigenvalue weighted by Gasteiger charge is 2.16. The Labute approximate surface area is 137 Å². The smallest absolute Gasteiger partial charge is 0.223 e. The van der Waals surface area contributed by atoms with Gasteiger partial charge in [-0.25, -0.2) is 0 Å². The van der Waals surface area contributed by atoms with Crippen molar-refractivity contribution in [3.63, 3.8) is 0 Å². The maximum atomic E-state index is 12.2. The van der Waals surface area contributed by atoms with Crippen molar-refractivity contribution in [3.8, 4) is 0 Å². The fraction of sp³-hybridized carbons (Fsp3) is 0.333. The van der Waals surface area contributed by atoms with Crippen LogP contribution in [0.3, 0.4) is 0 Å². The number of Topliss-reactive ketones (excluding diaryl/α,β-unsaturated/α-hetero) is 1. The number of thiophene rings is 2. The molecule has 0 atom stereocenters. The lowest BCUT2D eigenvalue weighted by molar-refractivity contribution is -0.131. The van der Waals surface area contributed by atoms with Crippen molar-refractivity contribution in [1.82, 2.24) is 4.90 Å². The number of hydrogen-bond acceptors (Lipinski definition) is 4. The van der Waals surface area contributed by atoms with Crippen molar-refractivity contribution in [2.45, 2.75) is 26.3 Å². The van der Waals surface area contributed by atoms with Crippen molar-refractivity contribution < 1.29 is 9.59 Å². The first-order valence-corrected chi connectivity index (χ1v) is 8.76. The van der Waals surface area contributed by atoms with E-state index in [1.807, 2.05) is 24.4 Å². The monoisotopic (exact) mass is 341 g/mol. The number of carbonyl (C=O) groups is 2. The number of hydrogen-bond donors (Lipinski definition) is 0. The van der Waals surface area contributed by atoms with Crippen LogP contribution in [-0.4, -0.2) is 23.1 Å². The molecule has 2 aromatic heterocycles. The molecule has 0 saturated heterocycles. The van der Waals surface area contributed by atoms with Gasteiger partial charge in [-0.05, 0) is 30.5 Å². The molecule has 0 bridgehead atoms. The van der Waals surface area contributed by atoms with Crippen molar-refractivity contribution in [2.24, 2.45) is 0 Å². The van der Waals surface area contributed by atoms with Crippen LogP contribution in [0.1, 0.15) is 34.3 Å². The van der Waals surface area contributed by atoms with Gasteiger partial charge >= 0.3 is 0 Å². The van der Waals surface area contributed by atoms with E-state index in [0.29, 0.717) is 22.3 Å². The summed E-state index contributed by atoms with van der Waals surface area (Å²) in [5, 5.41) is 2.00. The number of rotatable bonds is 7. The molecule has 2 rings (SSSR count). The predicted octanol–water partition coefficient (Wildman–Crippen LogP) is 4.47. The summed E-state index contributed by atoms with van der Waals surface area (Å²) in [6.45, 7) is 3.22. The molecule has 112 valence electrons. The van der Waals surface area contributed by atoms with Crippen LogP contribution in [0.4, 0.5) is 0 Å². The number of halogens is 1. The lowest BCUT2D eigenvalue weighted by Crippen LogP contribution is -2.30. The highest BCUT2D eigenvalue weighted by atomic mass is 35.5. The van der Waals surface area contributed by atoms with Crippen LogP contribution in [0.2, 0.25) is 4.34 Å². The standard InChI is InChI=1S/C15H16ClNO2S2/c1-2-17(10-11-4-3-9-20-11)15(19)8-5-12(18)13-6-7-14(16)21-13/h3-4,6-7,9H,2,5,8,10H2,1H3. The summed E-state index contributed by atoms with van der Waals surface area (Å²) in [5.41, 5.74) is 0. The molecule has 0 fully saturated rings. The fourth-order valence-electron chi connectivity index (χ4n) is 1.93. The molecular weight excluding hydrogens is 326 g/mol. The summed E-state index contributed by atoms with van der Waals surface area (Å²) in [5.74, 6) is -0.00525. The lowest BCUT2D eigenvalue weighted by Gasteiger charge is -2.19. The molecule has 0 aliphatic heterocycles. The maximum absolute atomic E-state index is 12.2. The third-order valence-electron chi connectivity index (χ3n) is 3.08. The van der Waals surface area contributed by atoms with Gasteiger partial charge in [0.05, 0.1) is 15.8 Å². The van der Waals surface area contributed by atoms with E-state index < -0.39 is 0 Å². The molecule has 0 N–H and O–H groups in total. The average Bonchev–Trinajstić information content (AvgIpc) is 3.13. The predicted molar refractivity (Wildman–Crippen MR) is 88.3 cm³/mol. The van der Waals surface area contributed by atoms with Crippen LogP contribution in [0, 0.1) is 0 Å². The first kappa shape index (κ1) is 16.2. The second kappa shape index (κ2) is 7.73. The quantitative estimate of drug-likeness (QED) is 0.696. The molecule has 0 aromatic carbocycles. The molecule has 0 radical (unpaired) electrons. The van der Waals surface area contributed by atoms with E-state index in [4.69, 9.17) is 11.6 Å². The van der Waals surface area contributed by atoms with Crippen LogP contribution >= 0.6 is 34.3 Å². The third kappa shape index (κ3) is 4.66. The van der Waals surface area contributed by atoms with Gasteiger partial charge in [0.1, 0.15) is 0 Å². The highest BCUT2D eigenvalue weighted by Crippen LogP contribution is 2.23. The van der Waals surface area contributed by atoms with Gasteiger partial charge < -0.3 is 4.90 Å². The average molecular weight is 342 g/mol. The molecule has 2 aromatic rings. The first-order chi connectivity index (χ1) is 10.1. The zero-order valence-corrected chi connectivity index (χ0v) is 14.1. The number of amides is 1. The molecular formula is C15H16ClNO2S2. The minimum absolute atomic E-state index is 0.0157. The van der Waals surface area contributed by atoms with Gasteiger partial charge in [-0.2, -0.15) is 0 Å². The van der Waals surface area contributed by atoms with Gasteiger partial charge in [0.15, 0.2) is 5.78 Å². The van der Waals surface area contributed by atoms with Crippen molar-refractivity contribution in [3.05, 3.63) is 43.7 Å². The van der Waals surface area contributed by atoms with Crippen molar-refractivity contribution >= 4 is 46.0 Å². The van der Waals surface area contributed by atoms with Gasteiger partial charge in [-0.1, -0.05) is 17.7 Å². The molecule has 0 unspecified atom stereocenters. The Balaban J connectivity index is 1.86. The van der Waals surface area contributed by atoms with E-state index in [-0.39, 0.29) is 24.5 Å². The van der Waals surface area contributed by atoms with Crippen LogP contribution < -0.4 is 0 Å². The van der Waals surface area contributed by atoms with Gasteiger partial charge in [0.2, 0.25) is 5.91 Å². The normalized spacial score (nSPS) is 10.6. The number of carbonyl (C=O) groups excluding carboxylic acids is 2. The van der Waals surface area contributed by atoms with Gasteiger partial charge in [-0.15, -0.1) is 22.7 Å². The van der Waals surface area contributed by atoms with Crippen LogP contribution in [0.5, 0.6) is 0 Å². The molecule has 0 saturated carbocycles. The third-order valence-corrected chi connectivity index (χ3v) is 5.21. The zero-order chi connectivity index (χ0) is 15.2. The zero-order valence-electron chi connectivity index (χ0n) is 11.7. The maximum Gasteiger partial charge on any atom is 0.223 e. The molecule has 2 heterocycles. The van der Waals surface area contributed by atoms with E-state index in [0.717, 1.165) is 4.88 Å². The van der Waals surface area contributed by atoms with E-state index in [1.54, 1.807) is 28.4 Å². The van der Waals surface area contributed by atoms with E-state index >= 15 is 0 Å². The van der Waals surface area contributed by atoms with Crippen LogP contribution in [0.25, 0.3) is 0 Å². The Kier molecular flexibility index (Phi) is 5.96. The van der Waals surface area contributed by atoms with E-state index in [9.17, 15) is 9.59 Å². The molecule has 1 amide bonds. The minimum Gasteiger partial charge on any atom is -0.338 e. The first-order valence-electron chi connectivity index (χ1n) is 6.69. The Morgan fingerprint density at radius 2 is 2.05 bits per heavy atom. The van der Waals surface area contributed by atoms with Crippen LogP contribution in [-0.2, 0) is 11.3 Å². The molecule has 0 aliphatic rings. The Hall–Kier alpha value is -1.17. The molecule has 0 spiro atoms. The Morgan fingerprint density at radius 1 is 1.24 bits per heavy atom. The summed E-state index contributed by atoms with van der Waals surface area (Å²) < 4.78 is 0.595. The largest absolute Gasteiger partial charge is 0.338 e. The second-order valence-corrected chi connectivity index (χ2v) is 7.26. The van der Waals surface area contributed by atoms with Crippen LogP contribution in [0.15, 0.2) is 29.6 Å². The van der Waals surface area contributed by atoms with Gasteiger partial charge in [0, 0.05) is 24.3 Å². The minimum atomic E-state index is -0.0209. The highest BCUT2D eigenvalue weighted by molar-refractivity contribution is 7.18. The summed E-state index contributed by atoms with van der Waals surface area (Å²) in [6, 6.07) is 7.40. The lowest BCUT2D eigenvalue weighted by atomic mass is 10.2. The summed E-state index contributed by atoms with van der Waals surface area (Å²) >= 11 is 8.70. The fourth-order valence-corrected chi connectivity index (χ4v) is 3.66. The molecule has 3 nitrogen and oxygen atoms in total. The van der Waals surface area contributed by atoms with Crippen molar-refractivity contribution in [2.75, 3.05) is 6.54 Å². The molecule has 21 heavy (non-hydrogen) atoms. The molecule has 6 heteroatoms. The Morgan fingerprint density at radius 3 is 2.62 bits per heavy atom. The SMILES string of the molecule is CCN(Cc1cccs1)C(=O)CCC(=O)c1ccc(Cl)s1. The van der Waals surface area contributed by atoms with Crippen molar-refractivity contribution in [1.29, 1.82) is 0 Å². The summed E-state index contributed by atoms with van der Waals surface area (Å²) in [4.78, 5) is 27.7.